The van der Waals surface area contributed by atoms with Gasteiger partial charge in [-0.15, -0.1) is 0 Å². The first-order chi connectivity index (χ1) is 38.1. The number of amides is 2. The Morgan fingerprint density at radius 1 is 0.500 bits per heavy atom. The second kappa shape index (κ2) is 28.5. The molecule has 2 N–H and O–H groups in total. The van der Waals surface area contributed by atoms with E-state index >= 15 is 0 Å². The predicted molar refractivity (Wildman–Crippen MR) is 277 cm³/mol. The fraction of sp³-hybridized carbons (Fsp3) is 0.782. The van der Waals surface area contributed by atoms with E-state index in [1.807, 2.05) is 9.80 Å². The van der Waals surface area contributed by atoms with Gasteiger partial charge >= 0.3 is 0 Å². The van der Waals surface area contributed by atoms with E-state index in [9.17, 15) is 19.8 Å². The molecule has 8 aliphatic heterocycles. The molecule has 23 heteroatoms. The lowest BCUT2D eigenvalue weighted by atomic mass is 9.84. The van der Waals surface area contributed by atoms with Crippen molar-refractivity contribution in [2.24, 2.45) is 10.8 Å². The van der Waals surface area contributed by atoms with Crippen LogP contribution in [0.1, 0.15) is 40.0 Å². The zero-order chi connectivity index (χ0) is 53.6. The smallest absolute Gasteiger partial charge is 0.254 e. The number of aromatic nitrogens is 2. The number of nitrogens with zero attached hydrogens (tertiary/aromatic N) is 6. The minimum atomic E-state index is -0.750. The second-order valence-electron chi connectivity index (χ2n) is 22.6. The van der Waals surface area contributed by atoms with Gasteiger partial charge in [-0.1, -0.05) is 6.42 Å². The van der Waals surface area contributed by atoms with Gasteiger partial charge < -0.3 is 81.6 Å². The van der Waals surface area contributed by atoms with Gasteiger partial charge in [0.2, 0.25) is 0 Å². The second-order valence-corrected chi connectivity index (χ2v) is 22.6. The van der Waals surface area contributed by atoms with Gasteiger partial charge in [0.25, 0.3) is 11.8 Å². The summed E-state index contributed by atoms with van der Waals surface area (Å²) >= 11 is 0. The highest BCUT2D eigenvalue weighted by Gasteiger charge is 2.38. The summed E-state index contributed by atoms with van der Waals surface area (Å²) in [5.41, 5.74) is 0.989. The Morgan fingerprint density at radius 2 is 0.833 bits per heavy atom. The number of hydrogen-bond donors (Lipinski definition) is 2. The van der Waals surface area contributed by atoms with Crippen LogP contribution >= 0.6 is 0 Å². The number of aliphatic hydroxyl groups excluding tert-OH is 2. The molecule has 0 aromatic carbocycles. The molecule has 0 aliphatic carbocycles. The van der Waals surface area contributed by atoms with Gasteiger partial charge in [0.15, 0.2) is 0 Å². The van der Waals surface area contributed by atoms with Crippen LogP contribution in [0.4, 0.5) is 0 Å². The molecule has 0 spiro atoms. The molecule has 10 rings (SSSR count). The van der Waals surface area contributed by atoms with Crippen LogP contribution in [0.3, 0.4) is 0 Å². The molecule has 8 atom stereocenters. The van der Waals surface area contributed by atoms with Crippen molar-refractivity contribution in [3.05, 3.63) is 47.8 Å². The van der Waals surface area contributed by atoms with Crippen LogP contribution in [0.2, 0.25) is 0 Å². The van der Waals surface area contributed by atoms with Gasteiger partial charge in [0.05, 0.1) is 161 Å². The molecule has 78 heavy (non-hydrogen) atoms. The standard InChI is InChI=1S/C55H82N6O17/c62-42(2-1-5-54(33-67-21-44-27-73-44,34-68-22-45-28-74-45)35-69-23-46-29-75-46)18-58-8-12-60(13-9-58)52(64)40-3-6-56-50(16-40)51-17-41(4-7-57-51)53(65)61-14-10-59(11-15-61)19-43(63)20-66-36-55(37-70-24-47-30-76-47,38-71-25-48-31-77-48)39-72-26-49-32-78-49/h3-4,6-7,16-17,42-49,62-63H,1-2,5,8-15,18-39H2. The Balaban J connectivity index is 0.642. The molecule has 10 heterocycles. The number of piperazine rings is 2. The predicted octanol–water partition coefficient (Wildman–Crippen LogP) is 0.0331. The third-order valence-corrected chi connectivity index (χ3v) is 15.2. The molecule has 8 unspecified atom stereocenters. The van der Waals surface area contributed by atoms with E-state index in [0.29, 0.717) is 193 Å². The number of epoxide rings is 6. The average Bonchev–Trinajstić information content (AvgIpc) is 4.24. The summed E-state index contributed by atoms with van der Waals surface area (Å²) in [4.78, 5) is 44.8. The maximum Gasteiger partial charge on any atom is 0.254 e. The number of aliphatic hydroxyl groups is 2. The number of β-amino-alcohol motifs (C(OH)–C–C–N with tert-alkyl or cyclic N) is 2. The topological polar surface area (TPSA) is 253 Å². The largest absolute Gasteiger partial charge is 0.392 e. The molecule has 0 bridgehead atoms. The first-order valence-corrected chi connectivity index (χ1v) is 28.2. The fourth-order valence-corrected chi connectivity index (χ4v) is 9.92. The van der Waals surface area contributed by atoms with Crippen molar-refractivity contribution >= 4 is 11.8 Å². The van der Waals surface area contributed by atoms with Crippen LogP contribution in [-0.2, 0) is 61.6 Å². The highest BCUT2D eigenvalue weighted by atomic mass is 16.6. The Kier molecular flexibility index (Phi) is 21.1. The molecule has 23 nitrogen and oxygen atoms in total. The Hall–Kier alpha value is -3.44. The molecule has 2 amide bonds. The maximum absolute atomic E-state index is 13.9. The normalized spacial score (nSPS) is 26.9. The van der Waals surface area contributed by atoms with Gasteiger partial charge in [-0.05, 0) is 37.1 Å². The Bertz CT molecular complexity index is 1920. The van der Waals surface area contributed by atoms with Gasteiger partial charge in [-0.2, -0.15) is 0 Å². The Labute approximate surface area is 457 Å². The third kappa shape index (κ3) is 19.4. The van der Waals surface area contributed by atoms with Crippen molar-refractivity contribution in [3.8, 4) is 11.4 Å². The minimum Gasteiger partial charge on any atom is -0.392 e. The van der Waals surface area contributed by atoms with Crippen molar-refractivity contribution in [2.45, 2.75) is 68.1 Å². The molecular weight excluding hydrogens is 1020 g/mol. The molecular formula is C55H82N6O17. The summed E-state index contributed by atoms with van der Waals surface area (Å²) in [5, 5.41) is 22.3. The van der Waals surface area contributed by atoms with Crippen LogP contribution in [-0.4, -0.2) is 298 Å². The van der Waals surface area contributed by atoms with Crippen LogP contribution < -0.4 is 0 Å². The first kappa shape index (κ1) is 57.8. The van der Waals surface area contributed by atoms with Gasteiger partial charge in [-0.25, -0.2) is 0 Å². The lowest BCUT2D eigenvalue weighted by molar-refractivity contribution is -0.118. The Morgan fingerprint density at radius 3 is 1.19 bits per heavy atom. The lowest BCUT2D eigenvalue weighted by Crippen LogP contribution is -2.51. The van der Waals surface area contributed by atoms with Crippen molar-refractivity contribution in [1.29, 1.82) is 0 Å². The van der Waals surface area contributed by atoms with Crippen LogP contribution in [0.15, 0.2) is 36.7 Å². The first-order valence-electron chi connectivity index (χ1n) is 28.2. The maximum atomic E-state index is 13.9. The highest BCUT2D eigenvalue weighted by Crippen LogP contribution is 2.31. The zero-order valence-electron chi connectivity index (χ0n) is 45.1. The third-order valence-electron chi connectivity index (χ3n) is 15.2. The molecule has 2 aromatic heterocycles. The average molecular weight is 1100 g/mol. The van der Waals surface area contributed by atoms with Crippen LogP contribution in [0.25, 0.3) is 11.4 Å². The van der Waals surface area contributed by atoms with Gasteiger partial charge in [-0.3, -0.25) is 29.4 Å². The molecule has 0 radical (unpaired) electrons. The number of hydrogen-bond acceptors (Lipinski definition) is 21. The van der Waals surface area contributed by atoms with Crippen LogP contribution in [0, 0.1) is 10.8 Å². The highest BCUT2D eigenvalue weighted by molar-refractivity contribution is 5.96. The fourth-order valence-electron chi connectivity index (χ4n) is 9.92. The van der Waals surface area contributed by atoms with E-state index in [0.717, 1.165) is 32.7 Å². The number of pyridine rings is 2. The van der Waals surface area contributed by atoms with E-state index in [-0.39, 0.29) is 67.1 Å². The molecule has 8 saturated heterocycles. The zero-order valence-corrected chi connectivity index (χ0v) is 45.1. The van der Waals surface area contributed by atoms with Gasteiger partial charge in [0.1, 0.15) is 36.6 Å². The van der Waals surface area contributed by atoms with E-state index in [1.54, 1.807) is 36.7 Å². The quantitative estimate of drug-likeness (QED) is 0.0838. The van der Waals surface area contributed by atoms with E-state index in [4.69, 9.17) is 61.6 Å². The summed E-state index contributed by atoms with van der Waals surface area (Å²) in [6.07, 6.45) is 4.89. The number of carbonyl (C=O) groups is 2. The molecule has 0 saturated carbocycles. The van der Waals surface area contributed by atoms with Crippen molar-refractivity contribution < 1.29 is 81.4 Å². The minimum absolute atomic E-state index is 0.106. The molecule has 434 valence electrons. The summed E-state index contributed by atoms with van der Waals surface area (Å²) in [6.45, 7) is 15.6. The monoisotopic (exact) mass is 1100 g/mol. The number of rotatable bonds is 39. The summed E-state index contributed by atoms with van der Waals surface area (Å²) < 4.78 is 74.9. The molecule has 8 aliphatic rings. The van der Waals surface area contributed by atoms with Gasteiger partial charge in [0, 0.05) is 94.4 Å². The summed E-state index contributed by atoms with van der Waals surface area (Å²) in [6, 6.07) is 6.87. The van der Waals surface area contributed by atoms with Crippen molar-refractivity contribution in [1.82, 2.24) is 29.6 Å². The van der Waals surface area contributed by atoms with Crippen molar-refractivity contribution in [3.63, 3.8) is 0 Å². The van der Waals surface area contributed by atoms with E-state index < -0.39 is 17.6 Å². The SMILES string of the molecule is O=C(c1ccnc(-c2cc(C(=O)N3CCN(CC(O)COCC(COCC4CO4)(COCC4CO4)COCC4CO4)CC3)ccn2)c1)N1CCN(CC(O)CCCC(COCC2CO2)(COCC2CO2)COCC2CO2)CC1. The van der Waals surface area contributed by atoms with E-state index in [1.165, 1.54) is 0 Å². The molecule has 2 aromatic rings. The van der Waals surface area contributed by atoms with E-state index in [2.05, 4.69) is 19.8 Å². The van der Waals surface area contributed by atoms with Crippen molar-refractivity contribution in [2.75, 3.05) is 198 Å². The summed E-state index contributed by atoms with van der Waals surface area (Å²) in [7, 11) is 0. The number of ether oxygens (including phenoxy) is 13. The lowest BCUT2D eigenvalue weighted by Gasteiger charge is -2.36. The molecule has 8 fully saturated rings. The van der Waals surface area contributed by atoms with Crippen LogP contribution in [0.5, 0.6) is 0 Å². The number of carbonyl (C=O) groups excluding carboxylic acids is 2. The summed E-state index contributed by atoms with van der Waals surface area (Å²) in [5.74, 6) is -0.229.